The van der Waals surface area contributed by atoms with Crippen LogP contribution in [0.25, 0.3) is 11.0 Å². The van der Waals surface area contributed by atoms with E-state index < -0.39 is 57.1 Å². The molecule has 1 aliphatic heterocycles. The molecule has 0 radical (unpaired) electrons. The summed E-state index contributed by atoms with van der Waals surface area (Å²) in [5, 5.41) is 43.3. The van der Waals surface area contributed by atoms with Crippen LogP contribution < -0.4 is 5.32 Å². The molecule has 1 aliphatic carbocycles. The van der Waals surface area contributed by atoms with Gasteiger partial charge in [-0.05, 0) is 24.4 Å². The van der Waals surface area contributed by atoms with Gasteiger partial charge >= 0.3 is 7.60 Å². The summed E-state index contributed by atoms with van der Waals surface area (Å²) in [5.41, 5.74) is 0.257. The van der Waals surface area contributed by atoms with Crippen molar-refractivity contribution in [1.82, 2.24) is 34.9 Å². The highest BCUT2D eigenvalue weighted by atomic mass is 35.5. The van der Waals surface area contributed by atoms with Crippen LogP contribution in [0.2, 0.25) is 5.28 Å². The maximum Gasteiger partial charge on any atom is 0.359 e. The minimum absolute atomic E-state index is 0.00485. The number of hydrogen-bond acceptors (Lipinski definition) is 12. The molecular weight excluding hydrogens is 547 g/mol. The van der Waals surface area contributed by atoms with Crippen LogP contribution in [0.3, 0.4) is 0 Å². The molecule has 0 amide bonds. The quantitative estimate of drug-likeness (QED) is 0.122. The van der Waals surface area contributed by atoms with E-state index in [4.69, 9.17) is 21.1 Å². The number of hydrogen-bond donors (Lipinski definition) is 7. The lowest BCUT2D eigenvalue weighted by Gasteiger charge is -2.32. The average Bonchev–Trinajstić information content (AvgIpc) is 3.67. The average molecular weight is 575 g/mol. The van der Waals surface area contributed by atoms with Gasteiger partial charge in [-0.25, -0.2) is 9.67 Å². The molecule has 0 bridgehead atoms. The lowest BCUT2D eigenvalue weighted by molar-refractivity contribution is -0.109. The molecule has 2 aliphatic rings. The molecule has 1 saturated carbocycles. The van der Waals surface area contributed by atoms with Crippen molar-refractivity contribution in [2.24, 2.45) is 0 Å². The first-order valence-electron chi connectivity index (χ1n) is 12.0. The van der Waals surface area contributed by atoms with E-state index in [2.05, 4.69) is 35.6 Å². The largest absolute Gasteiger partial charge is 0.393 e. The van der Waals surface area contributed by atoms with Crippen LogP contribution in [0.1, 0.15) is 37.7 Å². The number of anilines is 1. The number of aromatic amines is 1. The molecule has 7 N–H and O–H groups in total. The van der Waals surface area contributed by atoms with E-state index in [1.54, 1.807) is 0 Å². The molecule has 208 valence electrons. The molecule has 0 aromatic carbocycles. The van der Waals surface area contributed by atoms with E-state index in [0.717, 1.165) is 25.7 Å². The third kappa shape index (κ3) is 5.15. The van der Waals surface area contributed by atoms with E-state index in [-0.39, 0.29) is 22.8 Å². The zero-order valence-corrected chi connectivity index (χ0v) is 21.6. The standard InChI is InChI=1S/C20H28ClN8O8P/c21-19-26-16(25-10-3-1-2-4-10)11-6-24-29(17(11)27-19)18-15(32)14(31)12(37-18)7-36-20(8-30,38(33,34)35)5-13-22-9-23-28-13/h6,9-10,12,14-15,18,30-32H,1-5,7-8H2,(H,22,23,28)(H,25,26,27)(H2,33,34,35)/t12-,14-,15-,18-,20?/m1/s1. The van der Waals surface area contributed by atoms with E-state index in [1.807, 2.05) is 0 Å². The lowest BCUT2D eigenvalue weighted by atomic mass is 10.1. The number of aliphatic hydroxyl groups excluding tert-OH is 3. The molecule has 5 rings (SSSR count). The molecule has 16 nitrogen and oxygen atoms in total. The first kappa shape index (κ1) is 27.3. The topological polar surface area (TPSA) is 234 Å². The fourth-order valence-electron chi connectivity index (χ4n) is 4.76. The maximum atomic E-state index is 12.3. The highest BCUT2D eigenvalue weighted by Crippen LogP contribution is 2.53. The zero-order valence-electron chi connectivity index (χ0n) is 20.0. The molecule has 3 aromatic rings. The van der Waals surface area contributed by atoms with Crippen molar-refractivity contribution in [3.05, 3.63) is 23.6 Å². The Labute approximate surface area is 220 Å². The van der Waals surface area contributed by atoms with E-state index >= 15 is 0 Å². The van der Waals surface area contributed by atoms with E-state index in [0.29, 0.717) is 11.2 Å². The molecule has 3 aromatic heterocycles. The van der Waals surface area contributed by atoms with Gasteiger partial charge in [-0.2, -0.15) is 20.2 Å². The summed E-state index contributed by atoms with van der Waals surface area (Å²) < 4.78 is 24.9. The van der Waals surface area contributed by atoms with Gasteiger partial charge in [-0.1, -0.05) is 12.8 Å². The molecule has 18 heteroatoms. The fraction of sp³-hybridized carbons (Fsp3) is 0.650. The maximum absolute atomic E-state index is 12.3. The Kier molecular flexibility index (Phi) is 7.70. The van der Waals surface area contributed by atoms with Gasteiger partial charge in [0.05, 0.1) is 31.2 Å². The van der Waals surface area contributed by atoms with Crippen molar-refractivity contribution in [3.8, 4) is 0 Å². The van der Waals surface area contributed by atoms with Crippen molar-refractivity contribution < 1.29 is 39.1 Å². The molecular formula is C20H28ClN8O8P. The minimum Gasteiger partial charge on any atom is -0.393 e. The highest BCUT2D eigenvalue weighted by molar-refractivity contribution is 7.53. The minimum atomic E-state index is -5.08. The van der Waals surface area contributed by atoms with Crippen molar-refractivity contribution in [3.63, 3.8) is 0 Å². The Balaban J connectivity index is 1.36. The van der Waals surface area contributed by atoms with Crippen molar-refractivity contribution in [1.29, 1.82) is 0 Å². The number of aromatic nitrogens is 7. The number of fused-ring (bicyclic) bond motifs is 1. The summed E-state index contributed by atoms with van der Waals surface area (Å²) in [5.74, 6) is 0.488. The molecule has 5 atom stereocenters. The predicted molar refractivity (Wildman–Crippen MR) is 130 cm³/mol. The summed E-state index contributed by atoms with van der Waals surface area (Å²) in [4.78, 5) is 32.2. The van der Waals surface area contributed by atoms with Crippen molar-refractivity contribution in [2.75, 3.05) is 18.5 Å². The van der Waals surface area contributed by atoms with Crippen LogP contribution in [-0.2, 0) is 20.5 Å². The third-order valence-corrected chi connectivity index (χ3v) is 8.55. The molecule has 38 heavy (non-hydrogen) atoms. The summed E-state index contributed by atoms with van der Waals surface area (Å²) in [7, 11) is -5.08. The van der Waals surface area contributed by atoms with Gasteiger partial charge in [-0.3, -0.25) is 9.66 Å². The number of nitrogens with one attached hydrogen (secondary N) is 2. The number of halogens is 1. The Morgan fingerprint density at radius 1 is 1.26 bits per heavy atom. The molecule has 2 fully saturated rings. The van der Waals surface area contributed by atoms with Crippen LogP contribution in [0.15, 0.2) is 12.5 Å². The number of nitrogens with zero attached hydrogens (tertiary/aromatic N) is 6. The monoisotopic (exact) mass is 574 g/mol. The molecule has 4 heterocycles. The zero-order chi connectivity index (χ0) is 27.1. The normalized spacial score (nSPS) is 26.3. The summed E-state index contributed by atoms with van der Waals surface area (Å²) in [6.07, 6.45) is 0.897. The van der Waals surface area contributed by atoms with Gasteiger partial charge in [0.25, 0.3) is 0 Å². The summed E-state index contributed by atoms with van der Waals surface area (Å²) in [6, 6.07) is 0.238. The predicted octanol–water partition coefficient (Wildman–Crippen LogP) is -0.303. The molecule has 1 unspecified atom stereocenters. The van der Waals surface area contributed by atoms with Crippen LogP contribution in [0.4, 0.5) is 5.82 Å². The van der Waals surface area contributed by atoms with Crippen LogP contribution in [-0.4, -0.2) is 103 Å². The molecule has 0 spiro atoms. The number of aliphatic hydroxyl groups is 3. The van der Waals surface area contributed by atoms with E-state index in [9.17, 15) is 29.7 Å². The Morgan fingerprint density at radius 2 is 2.03 bits per heavy atom. The van der Waals surface area contributed by atoms with Gasteiger partial charge in [0, 0.05) is 6.04 Å². The van der Waals surface area contributed by atoms with Gasteiger partial charge < -0.3 is 39.9 Å². The van der Waals surface area contributed by atoms with Crippen molar-refractivity contribution in [2.45, 2.75) is 68.0 Å². The number of H-pyrrole nitrogens is 1. The number of ether oxygens (including phenoxy) is 2. The van der Waals surface area contributed by atoms with Crippen molar-refractivity contribution >= 4 is 36.0 Å². The molecule has 1 saturated heterocycles. The van der Waals surface area contributed by atoms with Crippen LogP contribution >= 0.6 is 19.2 Å². The second kappa shape index (κ2) is 10.7. The smallest absolute Gasteiger partial charge is 0.359 e. The van der Waals surface area contributed by atoms with Gasteiger partial charge in [0.2, 0.25) is 5.28 Å². The third-order valence-electron chi connectivity index (χ3n) is 6.89. The second-order valence-corrected chi connectivity index (χ2v) is 11.6. The fourth-order valence-corrected chi connectivity index (χ4v) is 5.70. The number of rotatable bonds is 10. The Morgan fingerprint density at radius 3 is 2.68 bits per heavy atom. The Hall–Kier alpha value is -2.27. The first-order chi connectivity index (χ1) is 18.1. The van der Waals surface area contributed by atoms with Crippen LogP contribution in [0, 0.1) is 0 Å². The van der Waals surface area contributed by atoms with E-state index in [1.165, 1.54) is 17.2 Å². The highest BCUT2D eigenvalue weighted by Gasteiger charge is 2.52. The summed E-state index contributed by atoms with van der Waals surface area (Å²) in [6.45, 7) is -1.66. The lowest BCUT2D eigenvalue weighted by Crippen LogP contribution is -2.43. The van der Waals surface area contributed by atoms with Gasteiger partial charge in [-0.15, -0.1) is 0 Å². The first-order valence-corrected chi connectivity index (χ1v) is 13.9. The Bertz CT molecular complexity index is 1300. The second-order valence-electron chi connectivity index (χ2n) is 9.39. The SMILES string of the molecule is O=P(O)(O)C(CO)(Cc1nc[nH]n1)OC[C@H]1O[C@@H](n2ncc3c(NC4CCCC4)nc(Cl)nc32)[C@H](O)[C@@H]1O. The van der Waals surface area contributed by atoms with Gasteiger partial charge in [0.15, 0.2) is 23.0 Å². The summed E-state index contributed by atoms with van der Waals surface area (Å²) >= 11 is 6.17. The van der Waals surface area contributed by atoms with Gasteiger partial charge in [0.1, 0.15) is 30.5 Å². The van der Waals surface area contributed by atoms with Crippen LogP contribution in [0.5, 0.6) is 0 Å².